The minimum atomic E-state index is -0.904. The van der Waals surface area contributed by atoms with Gasteiger partial charge in [-0.25, -0.2) is 9.78 Å². The zero-order chi connectivity index (χ0) is 11.4. The van der Waals surface area contributed by atoms with Crippen LogP contribution in [0.2, 0.25) is 0 Å². The Balaban J connectivity index is 1.94. The first-order valence-corrected chi connectivity index (χ1v) is 6.04. The molecule has 2 N–H and O–H groups in total. The van der Waals surface area contributed by atoms with E-state index in [4.69, 9.17) is 9.84 Å². The fourth-order valence-electron chi connectivity index (χ4n) is 1.64. The zero-order valence-corrected chi connectivity index (χ0v) is 9.63. The highest BCUT2D eigenvalue weighted by atomic mass is 32.1. The number of hydrogen-bond donors (Lipinski definition) is 2. The first-order chi connectivity index (χ1) is 7.75. The largest absolute Gasteiger partial charge is 0.477 e. The monoisotopic (exact) mass is 242 g/mol. The van der Waals surface area contributed by atoms with Crippen molar-refractivity contribution in [3.8, 4) is 0 Å². The maximum absolute atomic E-state index is 10.7. The molecule has 1 fully saturated rings. The Hall–Kier alpha value is -0.980. The second-order valence-electron chi connectivity index (χ2n) is 3.77. The lowest BCUT2D eigenvalue weighted by atomic mass is 10.1. The molecule has 1 aromatic rings. The molecule has 1 aliphatic heterocycles. The Kier molecular flexibility index (Phi) is 3.87. The summed E-state index contributed by atoms with van der Waals surface area (Å²) in [6.07, 6.45) is 2.21. The van der Waals surface area contributed by atoms with Crippen LogP contribution in [0.25, 0.3) is 0 Å². The summed E-state index contributed by atoms with van der Waals surface area (Å²) < 4.78 is 5.43. The molecule has 0 amide bonds. The van der Waals surface area contributed by atoms with Crippen LogP contribution < -0.4 is 5.32 Å². The normalized spacial score (nSPS) is 21.6. The summed E-state index contributed by atoms with van der Waals surface area (Å²) in [5.41, 5.74) is 0. The van der Waals surface area contributed by atoms with E-state index in [-0.39, 0.29) is 0 Å². The minimum Gasteiger partial charge on any atom is -0.477 e. The third kappa shape index (κ3) is 3.01. The minimum absolute atomic E-state index is 0.303. The molecular formula is C10H14N2O3S. The predicted molar refractivity (Wildman–Crippen MR) is 60.0 cm³/mol. The molecule has 0 bridgehead atoms. The van der Waals surface area contributed by atoms with Gasteiger partial charge in [-0.05, 0) is 0 Å². The van der Waals surface area contributed by atoms with Crippen LogP contribution in [0.5, 0.6) is 0 Å². The van der Waals surface area contributed by atoms with Crippen molar-refractivity contribution in [2.24, 2.45) is 5.92 Å². The van der Waals surface area contributed by atoms with Gasteiger partial charge >= 0.3 is 5.97 Å². The molecule has 6 heteroatoms. The lowest BCUT2D eigenvalue weighted by Gasteiger charge is -2.10. The van der Waals surface area contributed by atoms with Gasteiger partial charge in [0.05, 0.1) is 24.4 Å². The topological polar surface area (TPSA) is 71.5 Å². The number of rotatable bonds is 3. The maximum Gasteiger partial charge on any atom is 0.347 e. The quantitative estimate of drug-likeness (QED) is 0.813. The molecule has 0 aliphatic carbocycles. The van der Waals surface area contributed by atoms with Crippen LogP contribution in [0, 0.1) is 5.92 Å². The van der Waals surface area contributed by atoms with Crippen LogP contribution in [-0.4, -0.2) is 42.4 Å². The van der Waals surface area contributed by atoms with Crippen LogP contribution in [0.1, 0.15) is 14.7 Å². The molecule has 0 aromatic carbocycles. The molecule has 1 aliphatic rings. The van der Waals surface area contributed by atoms with E-state index in [0.29, 0.717) is 10.8 Å². The highest BCUT2D eigenvalue weighted by Gasteiger charge is 2.16. The summed E-state index contributed by atoms with van der Waals surface area (Å²) in [4.78, 5) is 15.1. The van der Waals surface area contributed by atoms with Gasteiger partial charge in [-0.1, -0.05) is 0 Å². The Morgan fingerprint density at radius 3 is 3.38 bits per heavy atom. The first kappa shape index (κ1) is 11.5. The number of aromatic nitrogens is 1. The molecule has 1 atom stereocenters. The second kappa shape index (κ2) is 5.38. The van der Waals surface area contributed by atoms with Gasteiger partial charge in [0.1, 0.15) is 4.88 Å². The predicted octanol–water partition coefficient (Wildman–Crippen LogP) is 0.620. The van der Waals surface area contributed by atoms with Crippen LogP contribution in [0.4, 0.5) is 0 Å². The number of carbonyl (C=O) groups is 1. The summed E-state index contributed by atoms with van der Waals surface area (Å²) >= 11 is 1.25. The van der Waals surface area contributed by atoms with Crippen molar-refractivity contribution >= 4 is 17.3 Å². The van der Waals surface area contributed by atoms with Gasteiger partial charge < -0.3 is 15.2 Å². The van der Waals surface area contributed by atoms with Crippen molar-refractivity contribution in [2.75, 3.05) is 26.3 Å². The van der Waals surface area contributed by atoms with Crippen molar-refractivity contribution in [2.45, 2.75) is 6.42 Å². The zero-order valence-electron chi connectivity index (χ0n) is 8.81. The average molecular weight is 242 g/mol. The summed E-state index contributed by atoms with van der Waals surface area (Å²) in [5, 5.41) is 12.9. The summed E-state index contributed by atoms with van der Waals surface area (Å²) in [7, 11) is 0. The number of carboxylic acids is 1. The van der Waals surface area contributed by atoms with Crippen molar-refractivity contribution in [1.29, 1.82) is 0 Å². The second-order valence-corrected chi connectivity index (χ2v) is 4.89. The lowest BCUT2D eigenvalue weighted by molar-refractivity contribution is 0.0702. The van der Waals surface area contributed by atoms with Gasteiger partial charge in [0.15, 0.2) is 0 Å². The van der Waals surface area contributed by atoms with Gasteiger partial charge in [0.25, 0.3) is 0 Å². The molecular weight excluding hydrogens is 228 g/mol. The summed E-state index contributed by atoms with van der Waals surface area (Å²) in [6, 6.07) is 0. The maximum atomic E-state index is 10.7. The standard InChI is InChI=1S/C10H14N2O3S/c13-10(14)8-5-12-9(16-8)3-7-4-11-1-2-15-6-7/h5,7,11H,1-4,6H2,(H,13,14). The van der Waals surface area contributed by atoms with Crippen LogP contribution >= 0.6 is 11.3 Å². The highest BCUT2D eigenvalue weighted by molar-refractivity contribution is 7.13. The van der Waals surface area contributed by atoms with Gasteiger partial charge in [0, 0.05) is 25.4 Å². The van der Waals surface area contributed by atoms with Gasteiger partial charge in [-0.3, -0.25) is 0 Å². The van der Waals surface area contributed by atoms with Crippen LogP contribution in [-0.2, 0) is 11.2 Å². The van der Waals surface area contributed by atoms with E-state index >= 15 is 0 Å². The van der Waals surface area contributed by atoms with Crippen molar-refractivity contribution in [3.05, 3.63) is 16.1 Å². The molecule has 0 radical (unpaired) electrons. The molecule has 1 aromatic heterocycles. The Morgan fingerprint density at radius 1 is 1.75 bits per heavy atom. The summed E-state index contributed by atoms with van der Waals surface area (Å²) in [5.74, 6) is -0.519. The fourth-order valence-corrected chi connectivity index (χ4v) is 2.51. The third-order valence-electron chi connectivity index (χ3n) is 2.44. The van der Waals surface area contributed by atoms with E-state index in [9.17, 15) is 4.79 Å². The fraction of sp³-hybridized carbons (Fsp3) is 0.600. The highest BCUT2D eigenvalue weighted by Crippen LogP contribution is 2.17. The summed E-state index contributed by atoms with van der Waals surface area (Å²) in [6.45, 7) is 3.25. The molecule has 0 spiro atoms. The van der Waals surface area contributed by atoms with Crippen molar-refractivity contribution in [1.82, 2.24) is 10.3 Å². The smallest absolute Gasteiger partial charge is 0.347 e. The van der Waals surface area contributed by atoms with E-state index in [2.05, 4.69) is 10.3 Å². The van der Waals surface area contributed by atoms with Crippen molar-refractivity contribution < 1.29 is 14.6 Å². The van der Waals surface area contributed by atoms with E-state index in [0.717, 1.165) is 37.7 Å². The van der Waals surface area contributed by atoms with E-state index in [1.165, 1.54) is 17.5 Å². The molecule has 1 unspecified atom stereocenters. The lowest BCUT2D eigenvalue weighted by Crippen LogP contribution is -2.24. The van der Waals surface area contributed by atoms with E-state index in [1.807, 2.05) is 0 Å². The van der Waals surface area contributed by atoms with Crippen LogP contribution in [0.3, 0.4) is 0 Å². The molecule has 0 saturated carbocycles. The number of hydrogen-bond acceptors (Lipinski definition) is 5. The average Bonchev–Trinajstić information content (AvgIpc) is 2.56. The number of thiazole rings is 1. The Labute approximate surface area is 97.5 Å². The molecule has 5 nitrogen and oxygen atoms in total. The molecule has 1 saturated heterocycles. The van der Waals surface area contributed by atoms with Gasteiger partial charge in [-0.15, -0.1) is 11.3 Å². The SMILES string of the molecule is O=C(O)c1cnc(CC2CNCCOC2)s1. The third-order valence-corrected chi connectivity index (χ3v) is 3.45. The molecule has 16 heavy (non-hydrogen) atoms. The van der Waals surface area contributed by atoms with Crippen LogP contribution in [0.15, 0.2) is 6.20 Å². The van der Waals surface area contributed by atoms with Gasteiger partial charge in [-0.2, -0.15) is 0 Å². The van der Waals surface area contributed by atoms with E-state index in [1.54, 1.807) is 0 Å². The molecule has 2 rings (SSSR count). The van der Waals surface area contributed by atoms with Gasteiger partial charge in [0.2, 0.25) is 0 Å². The number of nitrogens with zero attached hydrogens (tertiary/aromatic N) is 1. The number of ether oxygens (including phenoxy) is 1. The first-order valence-electron chi connectivity index (χ1n) is 5.22. The van der Waals surface area contributed by atoms with Crippen molar-refractivity contribution in [3.63, 3.8) is 0 Å². The Bertz CT molecular complexity index is 359. The van der Waals surface area contributed by atoms with E-state index < -0.39 is 5.97 Å². The Morgan fingerprint density at radius 2 is 2.62 bits per heavy atom. The number of carboxylic acid groups (broad SMARTS) is 1. The number of nitrogens with one attached hydrogen (secondary N) is 1. The number of aromatic carboxylic acids is 1. The molecule has 2 heterocycles. The molecule has 88 valence electrons.